The molecule has 1 aliphatic carbocycles. The third kappa shape index (κ3) is 3.63. The molecule has 20 heavy (non-hydrogen) atoms. The van der Waals surface area contributed by atoms with Crippen LogP contribution in [0.3, 0.4) is 0 Å². The van der Waals surface area contributed by atoms with E-state index >= 15 is 0 Å². The van der Waals surface area contributed by atoms with Crippen LogP contribution < -0.4 is 5.32 Å². The van der Waals surface area contributed by atoms with Gasteiger partial charge in [0.25, 0.3) is 0 Å². The average molecular weight is 338 g/mol. The van der Waals surface area contributed by atoms with Crippen molar-refractivity contribution >= 4 is 27.5 Å². The van der Waals surface area contributed by atoms with Crippen LogP contribution in [0.4, 0.5) is 5.69 Å². The second-order valence-corrected chi connectivity index (χ2v) is 6.55. The number of rotatable bonds is 4. The molecule has 110 valence electrons. The lowest BCUT2D eigenvalue weighted by molar-refractivity contribution is -0.120. The molecule has 2 nitrogen and oxygen atoms in total. The van der Waals surface area contributed by atoms with Crippen LogP contribution in [0, 0.1) is 5.92 Å². The Bertz CT molecular complexity index is 453. The predicted molar refractivity (Wildman–Crippen MR) is 88.1 cm³/mol. The first-order chi connectivity index (χ1) is 9.65. The van der Waals surface area contributed by atoms with E-state index < -0.39 is 0 Å². The van der Waals surface area contributed by atoms with Crippen LogP contribution in [0.25, 0.3) is 0 Å². The number of aryl methyl sites for hydroxylation is 2. The summed E-state index contributed by atoms with van der Waals surface area (Å²) in [4.78, 5) is 12.5. The molecular weight excluding hydrogens is 314 g/mol. The Morgan fingerprint density at radius 2 is 1.70 bits per heavy atom. The summed E-state index contributed by atoms with van der Waals surface area (Å²) in [6, 6.07) is 4.24. The van der Waals surface area contributed by atoms with Crippen LogP contribution >= 0.6 is 15.9 Å². The molecule has 0 unspecified atom stereocenters. The molecule has 0 heterocycles. The van der Waals surface area contributed by atoms with Crippen LogP contribution in [-0.4, -0.2) is 5.91 Å². The van der Waals surface area contributed by atoms with Gasteiger partial charge in [-0.2, -0.15) is 0 Å². The molecule has 1 N–H and O–H groups in total. The normalized spacial score (nSPS) is 16.1. The highest BCUT2D eigenvalue weighted by molar-refractivity contribution is 9.10. The molecule has 0 spiro atoms. The molecule has 1 aromatic carbocycles. The van der Waals surface area contributed by atoms with Crippen LogP contribution in [0.1, 0.15) is 57.1 Å². The fourth-order valence-electron chi connectivity index (χ4n) is 3.03. The van der Waals surface area contributed by atoms with E-state index in [2.05, 4.69) is 47.2 Å². The van der Waals surface area contributed by atoms with Crippen molar-refractivity contribution in [3.05, 3.63) is 27.7 Å². The van der Waals surface area contributed by atoms with Crippen LogP contribution in [-0.2, 0) is 17.6 Å². The smallest absolute Gasteiger partial charge is 0.227 e. The third-order valence-electron chi connectivity index (χ3n) is 4.25. The van der Waals surface area contributed by atoms with Crippen molar-refractivity contribution in [2.75, 3.05) is 5.32 Å². The lowest BCUT2D eigenvalue weighted by Gasteiger charge is -2.23. The monoisotopic (exact) mass is 337 g/mol. The van der Waals surface area contributed by atoms with Crippen LogP contribution in [0.15, 0.2) is 16.6 Å². The van der Waals surface area contributed by atoms with Gasteiger partial charge in [-0.25, -0.2) is 0 Å². The number of nitrogens with one attached hydrogen (secondary N) is 1. The minimum absolute atomic E-state index is 0.210. The van der Waals surface area contributed by atoms with Gasteiger partial charge in [0.05, 0.1) is 0 Å². The number of benzene rings is 1. The van der Waals surface area contributed by atoms with Gasteiger partial charge in [0.1, 0.15) is 0 Å². The Hall–Kier alpha value is -0.830. The highest BCUT2D eigenvalue weighted by atomic mass is 79.9. The molecule has 0 aromatic heterocycles. The average Bonchev–Trinajstić information content (AvgIpc) is 2.49. The minimum Gasteiger partial charge on any atom is -0.325 e. The molecule has 0 atom stereocenters. The van der Waals surface area contributed by atoms with Gasteiger partial charge in [0.2, 0.25) is 5.91 Å². The second kappa shape index (κ2) is 7.26. The number of hydrogen-bond acceptors (Lipinski definition) is 1. The van der Waals surface area contributed by atoms with E-state index in [0.29, 0.717) is 0 Å². The summed E-state index contributed by atoms with van der Waals surface area (Å²) in [6.07, 6.45) is 7.64. The molecule has 1 saturated carbocycles. The van der Waals surface area contributed by atoms with Crippen molar-refractivity contribution in [2.24, 2.45) is 5.92 Å². The zero-order chi connectivity index (χ0) is 14.5. The van der Waals surface area contributed by atoms with Gasteiger partial charge >= 0.3 is 0 Å². The summed E-state index contributed by atoms with van der Waals surface area (Å²) in [7, 11) is 0. The predicted octanol–water partition coefficient (Wildman–Crippen LogP) is 5.09. The van der Waals surface area contributed by atoms with E-state index in [9.17, 15) is 4.79 Å². The molecule has 0 bridgehead atoms. The first-order valence-electron chi connectivity index (χ1n) is 7.77. The summed E-state index contributed by atoms with van der Waals surface area (Å²) < 4.78 is 1.10. The van der Waals surface area contributed by atoms with Gasteiger partial charge in [0.15, 0.2) is 0 Å². The molecule has 1 fully saturated rings. The maximum atomic E-state index is 12.5. The number of halogens is 1. The molecular formula is C17H24BrNO. The first kappa shape index (κ1) is 15.6. The van der Waals surface area contributed by atoms with E-state index in [0.717, 1.165) is 35.8 Å². The minimum atomic E-state index is 0.210. The van der Waals surface area contributed by atoms with Crippen molar-refractivity contribution in [2.45, 2.75) is 58.8 Å². The molecule has 3 heteroatoms. The number of carbonyl (C=O) groups excluding carboxylic acids is 1. The van der Waals surface area contributed by atoms with Gasteiger partial charge in [0, 0.05) is 16.1 Å². The van der Waals surface area contributed by atoms with Crippen molar-refractivity contribution in [3.8, 4) is 0 Å². The largest absolute Gasteiger partial charge is 0.325 e. The second-order valence-electron chi connectivity index (χ2n) is 5.63. The summed E-state index contributed by atoms with van der Waals surface area (Å²) in [6.45, 7) is 4.27. The third-order valence-corrected chi connectivity index (χ3v) is 4.71. The molecule has 0 radical (unpaired) electrons. The highest BCUT2D eigenvalue weighted by Crippen LogP contribution is 2.30. The number of hydrogen-bond donors (Lipinski definition) is 1. The standard InChI is InChI=1S/C17H24BrNO/c1-3-12-10-15(18)11-13(4-2)16(12)19-17(20)14-8-6-5-7-9-14/h10-11,14H,3-9H2,1-2H3,(H,19,20). The Labute approximate surface area is 130 Å². The Morgan fingerprint density at radius 3 is 2.20 bits per heavy atom. The highest BCUT2D eigenvalue weighted by Gasteiger charge is 2.22. The molecule has 0 aliphatic heterocycles. The lowest BCUT2D eigenvalue weighted by Crippen LogP contribution is -2.25. The van der Waals surface area contributed by atoms with Crippen molar-refractivity contribution in [1.82, 2.24) is 0 Å². The fraction of sp³-hybridized carbons (Fsp3) is 0.588. The molecule has 1 amide bonds. The molecule has 1 aliphatic rings. The summed E-state index contributed by atoms with van der Waals surface area (Å²) in [5, 5.41) is 3.22. The van der Waals surface area contributed by atoms with E-state index in [1.54, 1.807) is 0 Å². The Balaban J connectivity index is 2.20. The summed E-state index contributed by atoms with van der Waals surface area (Å²) >= 11 is 3.56. The molecule has 1 aromatic rings. The van der Waals surface area contributed by atoms with Gasteiger partial charge in [-0.05, 0) is 48.9 Å². The summed E-state index contributed by atoms with van der Waals surface area (Å²) in [5.74, 6) is 0.429. The first-order valence-corrected chi connectivity index (χ1v) is 8.57. The number of amides is 1. The lowest BCUT2D eigenvalue weighted by atomic mass is 9.88. The van der Waals surface area contributed by atoms with E-state index in [4.69, 9.17) is 0 Å². The van der Waals surface area contributed by atoms with Crippen molar-refractivity contribution in [3.63, 3.8) is 0 Å². The number of anilines is 1. The van der Waals surface area contributed by atoms with Crippen molar-refractivity contribution < 1.29 is 4.79 Å². The van der Waals surface area contributed by atoms with Crippen LogP contribution in [0.5, 0.6) is 0 Å². The van der Waals surface area contributed by atoms with E-state index in [1.165, 1.54) is 30.4 Å². The quantitative estimate of drug-likeness (QED) is 0.814. The van der Waals surface area contributed by atoms with Crippen molar-refractivity contribution in [1.29, 1.82) is 0 Å². The van der Waals surface area contributed by atoms with Gasteiger partial charge in [-0.1, -0.05) is 49.0 Å². The number of carbonyl (C=O) groups is 1. The maximum absolute atomic E-state index is 12.5. The Kier molecular flexibility index (Phi) is 5.64. The van der Waals surface area contributed by atoms with Crippen LogP contribution in [0.2, 0.25) is 0 Å². The molecule has 2 rings (SSSR count). The molecule has 0 saturated heterocycles. The maximum Gasteiger partial charge on any atom is 0.227 e. The topological polar surface area (TPSA) is 29.1 Å². The SMILES string of the molecule is CCc1cc(Br)cc(CC)c1NC(=O)C1CCCCC1. The van der Waals surface area contributed by atoms with Gasteiger partial charge in [-0.3, -0.25) is 4.79 Å². The van der Waals surface area contributed by atoms with Gasteiger partial charge < -0.3 is 5.32 Å². The van der Waals surface area contributed by atoms with E-state index in [-0.39, 0.29) is 11.8 Å². The zero-order valence-corrected chi connectivity index (χ0v) is 14.1. The summed E-state index contributed by atoms with van der Waals surface area (Å²) in [5.41, 5.74) is 3.49. The van der Waals surface area contributed by atoms with Gasteiger partial charge in [-0.15, -0.1) is 0 Å². The Morgan fingerprint density at radius 1 is 1.15 bits per heavy atom. The zero-order valence-electron chi connectivity index (χ0n) is 12.5. The fourth-order valence-corrected chi connectivity index (χ4v) is 3.59. The van der Waals surface area contributed by atoms with E-state index in [1.807, 2.05) is 0 Å².